The quantitative estimate of drug-likeness (QED) is 0.789. The van der Waals surface area contributed by atoms with Crippen LogP contribution in [0.1, 0.15) is 31.1 Å². The fourth-order valence-corrected chi connectivity index (χ4v) is 2.32. The number of imidazole rings is 1. The molecule has 0 radical (unpaired) electrons. The van der Waals surface area contributed by atoms with Crippen LogP contribution in [0.2, 0.25) is 5.15 Å². The molecule has 2 heterocycles. The summed E-state index contributed by atoms with van der Waals surface area (Å²) < 4.78 is 2.14. The molecule has 0 aliphatic carbocycles. The Kier molecular flexibility index (Phi) is 2.56. The van der Waals surface area contributed by atoms with Crippen molar-refractivity contribution < 1.29 is 0 Å². The summed E-state index contributed by atoms with van der Waals surface area (Å²) in [6.07, 6.45) is 6.18. The van der Waals surface area contributed by atoms with Crippen molar-refractivity contribution in [1.29, 1.82) is 0 Å². The van der Waals surface area contributed by atoms with Crippen LogP contribution in [0.25, 0.3) is 0 Å². The normalized spacial score (nSPS) is 21.5. The predicted octanol–water partition coefficient (Wildman–Crippen LogP) is 1.76. The molecule has 2 rings (SSSR count). The van der Waals surface area contributed by atoms with E-state index >= 15 is 0 Å². The zero-order chi connectivity index (χ0) is 9.26. The number of hydrogen-bond acceptors (Lipinski definition) is 2. The summed E-state index contributed by atoms with van der Waals surface area (Å²) in [5.74, 6) is 1.12. The van der Waals surface area contributed by atoms with Crippen molar-refractivity contribution in [3.8, 4) is 0 Å². The second-order valence-electron chi connectivity index (χ2n) is 3.49. The first kappa shape index (κ1) is 9.03. The molecule has 0 aromatic carbocycles. The van der Waals surface area contributed by atoms with Crippen LogP contribution in [0.3, 0.4) is 0 Å². The van der Waals surface area contributed by atoms with Gasteiger partial charge >= 0.3 is 0 Å². The molecule has 4 heteroatoms. The molecule has 13 heavy (non-hydrogen) atoms. The van der Waals surface area contributed by atoms with Crippen LogP contribution < -0.4 is 5.73 Å². The second kappa shape index (κ2) is 3.68. The van der Waals surface area contributed by atoms with Gasteiger partial charge in [0.1, 0.15) is 11.0 Å². The van der Waals surface area contributed by atoms with E-state index in [1.165, 1.54) is 12.8 Å². The lowest BCUT2D eigenvalue weighted by Gasteiger charge is -2.25. The monoisotopic (exact) mass is 199 g/mol. The van der Waals surface area contributed by atoms with Gasteiger partial charge in [-0.1, -0.05) is 11.6 Å². The van der Waals surface area contributed by atoms with Crippen LogP contribution >= 0.6 is 11.6 Å². The van der Waals surface area contributed by atoms with Crippen LogP contribution in [-0.2, 0) is 6.42 Å². The van der Waals surface area contributed by atoms with Crippen molar-refractivity contribution in [3.63, 3.8) is 0 Å². The summed E-state index contributed by atoms with van der Waals surface area (Å²) in [7, 11) is 0. The first-order chi connectivity index (χ1) is 6.33. The van der Waals surface area contributed by atoms with E-state index in [0.29, 0.717) is 6.04 Å². The van der Waals surface area contributed by atoms with Crippen molar-refractivity contribution in [2.24, 2.45) is 5.73 Å². The third kappa shape index (κ3) is 1.58. The SMILES string of the molecule is NCCC1CCCc2ncc(Cl)n21. The van der Waals surface area contributed by atoms with E-state index in [2.05, 4.69) is 9.55 Å². The molecule has 0 bridgehead atoms. The molecule has 72 valence electrons. The van der Waals surface area contributed by atoms with Gasteiger partial charge in [0.15, 0.2) is 0 Å². The molecule has 1 aromatic rings. The van der Waals surface area contributed by atoms with Crippen LogP contribution in [0, 0.1) is 0 Å². The third-order valence-electron chi connectivity index (χ3n) is 2.63. The number of nitrogens with zero attached hydrogens (tertiary/aromatic N) is 2. The summed E-state index contributed by atoms with van der Waals surface area (Å²) >= 11 is 6.05. The Morgan fingerprint density at radius 1 is 1.69 bits per heavy atom. The minimum absolute atomic E-state index is 0.476. The predicted molar refractivity (Wildman–Crippen MR) is 52.9 cm³/mol. The lowest BCUT2D eigenvalue weighted by molar-refractivity contribution is 0.379. The van der Waals surface area contributed by atoms with E-state index in [1.807, 2.05) is 0 Å². The summed E-state index contributed by atoms with van der Waals surface area (Å²) in [4.78, 5) is 4.28. The maximum Gasteiger partial charge on any atom is 0.129 e. The zero-order valence-electron chi connectivity index (χ0n) is 7.54. The largest absolute Gasteiger partial charge is 0.330 e. The average molecular weight is 200 g/mol. The van der Waals surface area contributed by atoms with Gasteiger partial charge in [0.25, 0.3) is 0 Å². The van der Waals surface area contributed by atoms with Crippen LogP contribution in [0.15, 0.2) is 6.20 Å². The number of nitrogens with two attached hydrogens (primary N) is 1. The number of hydrogen-bond donors (Lipinski definition) is 1. The average Bonchev–Trinajstić information content (AvgIpc) is 2.50. The third-order valence-corrected chi connectivity index (χ3v) is 2.91. The molecule has 0 saturated heterocycles. The van der Waals surface area contributed by atoms with E-state index in [4.69, 9.17) is 17.3 Å². The van der Waals surface area contributed by atoms with Gasteiger partial charge in [-0.25, -0.2) is 4.98 Å². The molecule has 1 aliphatic rings. The molecule has 1 atom stereocenters. The number of fused-ring (bicyclic) bond motifs is 1. The van der Waals surface area contributed by atoms with E-state index in [9.17, 15) is 0 Å². The van der Waals surface area contributed by atoms with Gasteiger partial charge < -0.3 is 10.3 Å². The Balaban J connectivity index is 2.29. The lowest BCUT2D eigenvalue weighted by Crippen LogP contribution is -2.20. The molecule has 0 amide bonds. The molecule has 0 spiro atoms. The van der Waals surface area contributed by atoms with Gasteiger partial charge in [-0.05, 0) is 25.8 Å². The first-order valence-electron chi connectivity index (χ1n) is 4.74. The van der Waals surface area contributed by atoms with Crippen LogP contribution in [0.5, 0.6) is 0 Å². The lowest BCUT2D eigenvalue weighted by atomic mass is 10.0. The summed E-state index contributed by atoms with van der Waals surface area (Å²) in [6, 6.07) is 0.476. The fourth-order valence-electron chi connectivity index (χ4n) is 2.04. The number of halogens is 1. The molecule has 1 aliphatic heterocycles. The van der Waals surface area contributed by atoms with Crippen molar-refractivity contribution in [3.05, 3.63) is 17.2 Å². The maximum atomic E-state index is 6.05. The van der Waals surface area contributed by atoms with E-state index in [0.717, 1.165) is 30.4 Å². The van der Waals surface area contributed by atoms with Crippen LogP contribution in [-0.4, -0.2) is 16.1 Å². The minimum Gasteiger partial charge on any atom is -0.330 e. The van der Waals surface area contributed by atoms with Gasteiger partial charge in [0.2, 0.25) is 0 Å². The van der Waals surface area contributed by atoms with Crippen molar-refractivity contribution in [2.45, 2.75) is 31.7 Å². The highest BCUT2D eigenvalue weighted by molar-refractivity contribution is 6.29. The van der Waals surface area contributed by atoms with Gasteiger partial charge in [-0.2, -0.15) is 0 Å². The van der Waals surface area contributed by atoms with Crippen molar-refractivity contribution >= 4 is 11.6 Å². The Morgan fingerprint density at radius 3 is 3.31 bits per heavy atom. The number of aromatic nitrogens is 2. The Labute approximate surface area is 82.9 Å². The molecule has 1 aromatic heterocycles. The van der Waals surface area contributed by atoms with Crippen LogP contribution in [0.4, 0.5) is 0 Å². The number of aryl methyl sites for hydroxylation is 1. The van der Waals surface area contributed by atoms with Gasteiger partial charge in [-0.3, -0.25) is 0 Å². The van der Waals surface area contributed by atoms with E-state index in [1.54, 1.807) is 6.20 Å². The molecule has 0 saturated carbocycles. The highest BCUT2D eigenvalue weighted by Crippen LogP contribution is 2.30. The standard InChI is InChI=1S/C9H14ClN3/c10-8-6-12-9-3-1-2-7(4-5-11)13(8)9/h6-7H,1-5,11H2. The zero-order valence-corrected chi connectivity index (χ0v) is 8.30. The minimum atomic E-state index is 0.476. The van der Waals surface area contributed by atoms with E-state index in [-0.39, 0.29) is 0 Å². The molecular formula is C9H14ClN3. The molecular weight excluding hydrogens is 186 g/mol. The Bertz CT molecular complexity index is 295. The number of rotatable bonds is 2. The topological polar surface area (TPSA) is 43.8 Å². The molecule has 1 unspecified atom stereocenters. The summed E-state index contributed by atoms with van der Waals surface area (Å²) in [5, 5.41) is 0.758. The van der Waals surface area contributed by atoms with Crippen molar-refractivity contribution in [2.75, 3.05) is 6.54 Å². The Hall–Kier alpha value is -0.540. The highest BCUT2D eigenvalue weighted by Gasteiger charge is 2.21. The van der Waals surface area contributed by atoms with E-state index < -0.39 is 0 Å². The second-order valence-corrected chi connectivity index (χ2v) is 3.88. The van der Waals surface area contributed by atoms with Gasteiger partial charge in [0, 0.05) is 12.5 Å². The molecule has 2 N–H and O–H groups in total. The summed E-state index contributed by atoms with van der Waals surface area (Å²) in [5.41, 5.74) is 5.56. The maximum absolute atomic E-state index is 6.05. The van der Waals surface area contributed by atoms with Crippen molar-refractivity contribution in [1.82, 2.24) is 9.55 Å². The van der Waals surface area contributed by atoms with Gasteiger partial charge in [0.05, 0.1) is 6.20 Å². The Morgan fingerprint density at radius 2 is 2.54 bits per heavy atom. The molecule has 3 nitrogen and oxygen atoms in total. The highest BCUT2D eigenvalue weighted by atomic mass is 35.5. The smallest absolute Gasteiger partial charge is 0.129 e. The first-order valence-corrected chi connectivity index (χ1v) is 5.12. The fraction of sp³-hybridized carbons (Fsp3) is 0.667. The summed E-state index contributed by atoms with van der Waals surface area (Å²) in [6.45, 7) is 0.721. The van der Waals surface area contributed by atoms with Gasteiger partial charge in [-0.15, -0.1) is 0 Å². The molecule has 0 fully saturated rings.